The van der Waals surface area contributed by atoms with Crippen molar-refractivity contribution >= 4 is 0 Å². The van der Waals surface area contributed by atoms with Gasteiger partial charge in [-0.25, -0.2) is 0 Å². The zero-order valence-electron chi connectivity index (χ0n) is 9.16. The van der Waals surface area contributed by atoms with E-state index in [9.17, 15) is 5.11 Å². The highest BCUT2D eigenvalue weighted by Crippen LogP contribution is 2.69. The first-order valence-corrected chi connectivity index (χ1v) is 5.98. The van der Waals surface area contributed by atoms with Crippen LogP contribution < -0.4 is 0 Å². The molecule has 2 fully saturated rings. The van der Waals surface area contributed by atoms with Crippen molar-refractivity contribution in [3.63, 3.8) is 0 Å². The van der Waals surface area contributed by atoms with Gasteiger partial charge >= 0.3 is 0 Å². The Hall–Kier alpha value is -0.300. The average Bonchev–Trinajstić information content (AvgIpc) is 2.70. The van der Waals surface area contributed by atoms with Crippen LogP contribution in [0.4, 0.5) is 0 Å². The molecule has 0 aromatic rings. The van der Waals surface area contributed by atoms with Gasteiger partial charge in [-0.2, -0.15) is 0 Å². The maximum absolute atomic E-state index is 10.3. The van der Waals surface area contributed by atoms with Gasteiger partial charge in [0.1, 0.15) is 0 Å². The van der Waals surface area contributed by atoms with Crippen molar-refractivity contribution in [2.24, 2.45) is 22.7 Å². The second-order valence-electron chi connectivity index (χ2n) is 5.92. The summed E-state index contributed by atoms with van der Waals surface area (Å²) in [5, 5.41) is 10.3. The van der Waals surface area contributed by atoms with E-state index in [4.69, 9.17) is 0 Å². The summed E-state index contributed by atoms with van der Waals surface area (Å²) in [7, 11) is 0. The van der Waals surface area contributed by atoms with Crippen molar-refractivity contribution in [3.05, 3.63) is 12.2 Å². The molecule has 0 saturated heterocycles. The number of aliphatic hydroxyl groups is 1. The molecule has 0 amide bonds. The van der Waals surface area contributed by atoms with E-state index < -0.39 is 0 Å². The first-order valence-electron chi connectivity index (χ1n) is 5.98. The van der Waals surface area contributed by atoms with Gasteiger partial charge in [-0.05, 0) is 42.9 Å². The van der Waals surface area contributed by atoms with E-state index in [1.165, 1.54) is 25.7 Å². The molecule has 3 rings (SSSR count). The normalized spacial score (nSPS) is 60.4. The number of hydrogen-bond acceptors (Lipinski definition) is 1. The number of aliphatic hydroxyl groups excluding tert-OH is 1. The van der Waals surface area contributed by atoms with Gasteiger partial charge in [-0.3, -0.25) is 0 Å². The lowest BCUT2D eigenvalue weighted by atomic mass is 9.64. The lowest BCUT2D eigenvalue weighted by Gasteiger charge is -2.41. The van der Waals surface area contributed by atoms with Crippen molar-refractivity contribution in [1.82, 2.24) is 0 Å². The van der Waals surface area contributed by atoms with E-state index in [0.29, 0.717) is 5.41 Å². The average molecular weight is 192 g/mol. The molecular formula is C13H20O. The fourth-order valence-corrected chi connectivity index (χ4v) is 4.72. The van der Waals surface area contributed by atoms with Gasteiger partial charge in [0.2, 0.25) is 0 Å². The zero-order valence-corrected chi connectivity index (χ0v) is 9.16. The molecule has 78 valence electrons. The highest BCUT2D eigenvalue weighted by molar-refractivity contribution is 5.27. The van der Waals surface area contributed by atoms with Crippen molar-refractivity contribution in [1.29, 1.82) is 0 Å². The fourth-order valence-electron chi connectivity index (χ4n) is 4.72. The van der Waals surface area contributed by atoms with E-state index in [0.717, 1.165) is 11.8 Å². The largest absolute Gasteiger partial charge is 0.388 e. The molecule has 0 heterocycles. The maximum Gasteiger partial charge on any atom is 0.0788 e. The highest BCUT2D eigenvalue weighted by atomic mass is 16.3. The van der Waals surface area contributed by atoms with Crippen LogP contribution in [0.5, 0.6) is 0 Å². The first-order chi connectivity index (χ1) is 6.60. The molecule has 1 N–H and O–H groups in total. The molecule has 1 unspecified atom stereocenters. The smallest absolute Gasteiger partial charge is 0.0788 e. The summed E-state index contributed by atoms with van der Waals surface area (Å²) in [6, 6.07) is 0. The van der Waals surface area contributed by atoms with Crippen LogP contribution in [0.15, 0.2) is 12.2 Å². The van der Waals surface area contributed by atoms with Gasteiger partial charge in [0.25, 0.3) is 0 Å². The summed E-state index contributed by atoms with van der Waals surface area (Å²) in [6.07, 6.45) is 9.38. The molecule has 0 aliphatic heterocycles. The van der Waals surface area contributed by atoms with Crippen LogP contribution in [-0.2, 0) is 0 Å². The van der Waals surface area contributed by atoms with E-state index in [1.54, 1.807) is 0 Å². The van der Waals surface area contributed by atoms with Crippen LogP contribution >= 0.6 is 0 Å². The SMILES string of the molecule is C[C@H]1CC[C@]23C(O)C=C[C@@]2(C)CC[C@H]13. The highest BCUT2D eigenvalue weighted by Gasteiger charge is 2.65. The van der Waals surface area contributed by atoms with Gasteiger partial charge in [0, 0.05) is 5.41 Å². The Morgan fingerprint density at radius 1 is 1.29 bits per heavy atom. The summed E-state index contributed by atoms with van der Waals surface area (Å²) >= 11 is 0. The van der Waals surface area contributed by atoms with Gasteiger partial charge < -0.3 is 5.11 Å². The molecule has 3 aliphatic rings. The first kappa shape index (κ1) is 8.96. The second kappa shape index (κ2) is 2.44. The zero-order chi connectivity index (χ0) is 9.97. The fraction of sp³-hybridized carbons (Fsp3) is 0.846. The van der Waals surface area contributed by atoms with Crippen LogP contribution in [0.2, 0.25) is 0 Å². The predicted molar refractivity (Wildman–Crippen MR) is 56.8 cm³/mol. The Labute approximate surface area is 86.2 Å². The van der Waals surface area contributed by atoms with Crippen molar-refractivity contribution in [2.45, 2.75) is 45.6 Å². The summed E-state index contributed by atoms with van der Waals surface area (Å²) in [5.41, 5.74) is 0.536. The summed E-state index contributed by atoms with van der Waals surface area (Å²) in [4.78, 5) is 0. The molecule has 1 spiro atoms. The number of hydrogen-bond donors (Lipinski definition) is 1. The molecule has 14 heavy (non-hydrogen) atoms. The molecule has 0 aromatic heterocycles. The molecule has 3 aliphatic carbocycles. The molecule has 2 saturated carbocycles. The Kier molecular flexibility index (Phi) is 1.56. The molecule has 0 radical (unpaired) electrons. The topological polar surface area (TPSA) is 20.2 Å². The number of allylic oxidation sites excluding steroid dienone is 1. The minimum Gasteiger partial charge on any atom is -0.388 e. The van der Waals surface area contributed by atoms with Gasteiger partial charge in [-0.15, -0.1) is 0 Å². The summed E-state index contributed by atoms with van der Waals surface area (Å²) in [6.45, 7) is 4.73. The lowest BCUT2D eigenvalue weighted by molar-refractivity contribution is -0.00490. The van der Waals surface area contributed by atoms with E-state index in [-0.39, 0.29) is 11.5 Å². The van der Waals surface area contributed by atoms with E-state index in [2.05, 4.69) is 26.0 Å². The maximum atomic E-state index is 10.3. The molecular weight excluding hydrogens is 172 g/mol. The molecule has 0 bridgehead atoms. The van der Waals surface area contributed by atoms with E-state index >= 15 is 0 Å². The minimum atomic E-state index is -0.162. The lowest BCUT2D eigenvalue weighted by Crippen LogP contribution is -2.41. The standard InChI is InChI=1S/C13H20O/c1-9-3-8-13-10(9)4-6-12(13,2)7-5-11(13)14/h5,7,9-11,14H,3-4,6,8H2,1-2H3/t9-,10+,11?,12+,13-/m0/s1. The van der Waals surface area contributed by atoms with Crippen LogP contribution in [0.25, 0.3) is 0 Å². The van der Waals surface area contributed by atoms with Gasteiger partial charge in [-0.1, -0.05) is 26.0 Å². The van der Waals surface area contributed by atoms with Gasteiger partial charge in [0.05, 0.1) is 6.10 Å². The molecule has 1 heteroatoms. The monoisotopic (exact) mass is 192 g/mol. The second-order valence-corrected chi connectivity index (χ2v) is 5.92. The quantitative estimate of drug-likeness (QED) is 0.585. The van der Waals surface area contributed by atoms with Gasteiger partial charge in [0.15, 0.2) is 0 Å². The Morgan fingerprint density at radius 2 is 2.07 bits per heavy atom. The van der Waals surface area contributed by atoms with Crippen LogP contribution in [0.1, 0.15) is 39.5 Å². The van der Waals surface area contributed by atoms with Crippen molar-refractivity contribution < 1.29 is 5.11 Å². The predicted octanol–water partition coefficient (Wildman–Crippen LogP) is 2.75. The minimum absolute atomic E-state index is 0.162. The van der Waals surface area contributed by atoms with Crippen LogP contribution in [-0.4, -0.2) is 11.2 Å². The number of rotatable bonds is 0. The Balaban J connectivity index is 2.09. The van der Waals surface area contributed by atoms with Crippen LogP contribution in [0, 0.1) is 22.7 Å². The summed E-state index contributed by atoms with van der Waals surface area (Å²) in [5.74, 6) is 1.60. The Morgan fingerprint density at radius 3 is 2.86 bits per heavy atom. The third-order valence-electron chi connectivity index (χ3n) is 5.57. The van der Waals surface area contributed by atoms with E-state index in [1.807, 2.05) is 0 Å². The third-order valence-corrected chi connectivity index (χ3v) is 5.57. The van der Waals surface area contributed by atoms with Crippen molar-refractivity contribution in [2.75, 3.05) is 0 Å². The molecule has 0 aromatic carbocycles. The Bertz CT molecular complexity index is 296. The van der Waals surface area contributed by atoms with Crippen molar-refractivity contribution in [3.8, 4) is 0 Å². The molecule has 5 atom stereocenters. The third kappa shape index (κ3) is 0.735. The summed E-state index contributed by atoms with van der Waals surface area (Å²) < 4.78 is 0. The molecule has 1 nitrogen and oxygen atoms in total. The van der Waals surface area contributed by atoms with Crippen LogP contribution in [0.3, 0.4) is 0 Å².